The van der Waals surface area contributed by atoms with Crippen molar-refractivity contribution in [2.45, 2.75) is 12.6 Å². The van der Waals surface area contributed by atoms with Gasteiger partial charge >= 0.3 is 18.0 Å². The van der Waals surface area contributed by atoms with Gasteiger partial charge in [-0.2, -0.15) is 18.3 Å². The van der Waals surface area contributed by atoms with Gasteiger partial charge in [-0.3, -0.25) is 14.5 Å². The molecule has 0 bridgehead atoms. The lowest BCUT2D eigenvalue weighted by Crippen LogP contribution is -2.40. The molecule has 0 aromatic heterocycles. The third-order valence-electron chi connectivity index (χ3n) is 3.88. The highest BCUT2D eigenvalue weighted by Crippen LogP contribution is 2.30. The second-order valence-corrected chi connectivity index (χ2v) is 5.85. The fourth-order valence-electron chi connectivity index (χ4n) is 2.49. The highest BCUT2D eigenvalue weighted by molar-refractivity contribution is 6.35. The minimum absolute atomic E-state index is 0.212. The molecule has 2 amide bonds. The van der Waals surface area contributed by atoms with Crippen molar-refractivity contribution in [2.75, 3.05) is 39.4 Å². The van der Waals surface area contributed by atoms with Gasteiger partial charge in [-0.15, -0.1) is 0 Å². The molecule has 148 valence electrons. The minimum atomic E-state index is -4.54. The Morgan fingerprint density at radius 1 is 1.19 bits per heavy atom. The summed E-state index contributed by atoms with van der Waals surface area (Å²) in [5.74, 6) is -1.93. The van der Waals surface area contributed by atoms with Crippen LogP contribution < -0.4 is 10.7 Å². The summed E-state index contributed by atoms with van der Waals surface area (Å²) in [7, 11) is 0. The largest absolute Gasteiger partial charge is 0.417 e. The van der Waals surface area contributed by atoms with E-state index in [0.717, 1.165) is 31.9 Å². The lowest BCUT2D eigenvalue weighted by Gasteiger charge is -2.26. The molecule has 10 heteroatoms. The van der Waals surface area contributed by atoms with E-state index in [4.69, 9.17) is 4.74 Å². The SMILES string of the molecule is O=C(NCCCN1CCOCC1)C(=O)N/N=C\c1ccccc1C(F)(F)F. The zero-order valence-corrected chi connectivity index (χ0v) is 14.6. The van der Waals surface area contributed by atoms with Crippen LogP contribution in [0.3, 0.4) is 0 Å². The summed E-state index contributed by atoms with van der Waals surface area (Å²) in [6.45, 7) is 4.13. The topological polar surface area (TPSA) is 83.0 Å². The Kier molecular flexibility index (Phi) is 7.74. The van der Waals surface area contributed by atoms with Crippen LogP contribution in [0.5, 0.6) is 0 Å². The summed E-state index contributed by atoms with van der Waals surface area (Å²) in [5, 5.41) is 5.87. The fraction of sp³-hybridized carbons (Fsp3) is 0.471. The monoisotopic (exact) mass is 386 g/mol. The van der Waals surface area contributed by atoms with E-state index in [1.54, 1.807) is 0 Å². The molecule has 2 N–H and O–H groups in total. The van der Waals surface area contributed by atoms with Crippen molar-refractivity contribution < 1.29 is 27.5 Å². The van der Waals surface area contributed by atoms with Gasteiger partial charge in [-0.05, 0) is 19.0 Å². The third kappa shape index (κ3) is 6.99. The normalized spacial score (nSPS) is 15.7. The van der Waals surface area contributed by atoms with Gasteiger partial charge in [0.2, 0.25) is 0 Å². The number of halogens is 3. The van der Waals surface area contributed by atoms with Gasteiger partial charge < -0.3 is 10.1 Å². The van der Waals surface area contributed by atoms with E-state index in [-0.39, 0.29) is 5.56 Å². The fourth-order valence-corrected chi connectivity index (χ4v) is 2.49. The first-order valence-corrected chi connectivity index (χ1v) is 8.45. The van der Waals surface area contributed by atoms with Crippen LogP contribution in [0.1, 0.15) is 17.5 Å². The average molecular weight is 386 g/mol. The molecule has 0 unspecified atom stereocenters. The summed E-state index contributed by atoms with van der Waals surface area (Å²) in [5.41, 5.74) is 0.833. The number of nitrogens with one attached hydrogen (secondary N) is 2. The van der Waals surface area contributed by atoms with Crippen LogP contribution >= 0.6 is 0 Å². The molecule has 1 aliphatic heterocycles. The van der Waals surface area contributed by atoms with Gasteiger partial charge in [0.15, 0.2) is 0 Å². The van der Waals surface area contributed by atoms with Crippen molar-refractivity contribution in [1.82, 2.24) is 15.6 Å². The number of alkyl halides is 3. The predicted molar refractivity (Wildman–Crippen MR) is 92.1 cm³/mol. The second-order valence-electron chi connectivity index (χ2n) is 5.85. The predicted octanol–water partition coefficient (Wildman–Crippen LogP) is 0.994. The Bertz CT molecular complexity index is 674. The molecule has 1 saturated heterocycles. The summed E-state index contributed by atoms with van der Waals surface area (Å²) >= 11 is 0. The number of rotatable bonds is 6. The van der Waals surface area contributed by atoms with Crippen LogP contribution in [-0.2, 0) is 20.5 Å². The molecule has 2 rings (SSSR count). The number of nitrogens with zero attached hydrogens (tertiary/aromatic N) is 2. The number of carbonyl (C=O) groups is 2. The van der Waals surface area contributed by atoms with Crippen LogP contribution in [0.15, 0.2) is 29.4 Å². The molecule has 1 aromatic rings. The molecule has 7 nitrogen and oxygen atoms in total. The Hall–Kier alpha value is -2.46. The molecule has 1 fully saturated rings. The molecule has 1 heterocycles. The molecular formula is C17H21F3N4O3. The van der Waals surface area contributed by atoms with Gasteiger partial charge in [0.05, 0.1) is 25.0 Å². The van der Waals surface area contributed by atoms with E-state index in [1.165, 1.54) is 18.2 Å². The lowest BCUT2D eigenvalue weighted by atomic mass is 10.1. The lowest BCUT2D eigenvalue weighted by molar-refractivity contribution is -0.139. The maximum absolute atomic E-state index is 12.8. The first-order valence-electron chi connectivity index (χ1n) is 8.45. The standard InChI is InChI=1S/C17H21F3N4O3/c18-17(19,20)14-5-2-1-4-13(14)12-22-23-16(26)15(25)21-6-3-7-24-8-10-27-11-9-24/h1-2,4-5,12H,3,6-11H2,(H,21,25)(H,23,26)/b22-12-. The molecule has 1 aliphatic rings. The van der Waals surface area contributed by atoms with Gasteiger partial charge in [-0.25, -0.2) is 5.43 Å². The molecule has 27 heavy (non-hydrogen) atoms. The van der Waals surface area contributed by atoms with E-state index in [9.17, 15) is 22.8 Å². The zero-order chi connectivity index (χ0) is 19.7. The number of amides is 2. The van der Waals surface area contributed by atoms with E-state index >= 15 is 0 Å². The minimum Gasteiger partial charge on any atom is -0.379 e. The number of morpholine rings is 1. The first kappa shape index (κ1) is 20.8. The van der Waals surface area contributed by atoms with E-state index in [2.05, 4.69) is 15.3 Å². The van der Waals surface area contributed by atoms with Crippen LogP contribution in [-0.4, -0.2) is 62.3 Å². The van der Waals surface area contributed by atoms with Crippen molar-refractivity contribution in [2.24, 2.45) is 5.10 Å². The van der Waals surface area contributed by atoms with Crippen molar-refractivity contribution in [3.05, 3.63) is 35.4 Å². The Morgan fingerprint density at radius 3 is 2.59 bits per heavy atom. The van der Waals surface area contributed by atoms with Crippen LogP contribution in [0.2, 0.25) is 0 Å². The summed E-state index contributed by atoms with van der Waals surface area (Å²) in [4.78, 5) is 25.5. The van der Waals surface area contributed by atoms with Crippen molar-refractivity contribution in [1.29, 1.82) is 0 Å². The van der Waals surface area contributed by atoms with Crippen LogP contribution in [0.25, 0.3) is 0 Å². The second kappa shape index (κ2) is 10.0. The summed E-state index contributed by atoms with van der Waals surface area (Å²) in [6.07, 6.45) is -3.02. The first-order chi connectivity index (χ1) is 12.9. The number of ether oxygens (including phenoxy) is 1. The summed E-state index contributed by atoms with van der Waals surface area (Å²) < 4.78 is 43.8. The molecule has 0 radical (unpaired) electrons. The maximum Gasteiger partial charge on any atom is 0.417 e. The van der Waals surface area contributed by atoms with Gasteiger partial charge in [-0.1, -0.05) is 18.2 Å². The number of hydrogen-bond acceptors (Lipinski definition) is 5. The smallest absolute Gasteiger partial charge is 0.379 e. The molecule has 0 spiro atoms. The van der Waals surface area contributed by atoms with Gasteiger partial charge in [0, 0.05) is 25.2 Å². The third-order valence-corrected chi connectivity index (χ3v) is 3.88. The molecule has 0 aliphatic carbocycles. The van der Waals surface area contributed by atoms with E-state index in [0.29, 0.717) is 26.2 Å². The molecule has 0 saturated carbocycles. The van der Waals surface area contributed by atoms with Crippen LogP contribution in [0.4, 0.5) is 13.2 Å². The van der Waals surface area contributed by atoms with E-state index in [1.807, 2.05) is 5.43 Å². The van der Waals surface area contributed by atoms with Gasteiger partial charge in [0.25, 0.3) is 0 Å². The molecule has 0 atom stereocenters. The number of hydrazone groups is 1. The number of benzene rings is 1. The zero-order valence-electron chi connectivity index (χ0n) is 14.6. The Morgan fingerprint density at radius 2 is 1.89 bits per heavy atom. The maximum atomic E-state index is 12.8. The molecular weight excluding hydrogens is 365 g/mol. The summed E-state index contributed by atoms with van der Waals surface area (Å²) in [6, 6.07) is 4.79. The number of hydrogen-bond donors (Lipinski definition) is 2. The van der Waals surface area contributed by atoms with Crippen molar-refractivity contribution in [3.8, 4) is 0 Å². The van der Waals surface area contributed by atoms with E-state index < -0.39 is 23.6 Å². The highest BCUT2D eigenvalue weighted by Gasteiger charge is 2.32. The van der Waals surface area contributed by atoms with Gasteiger partial charge in [0.1, 0.15) is 0 Å². The number of carbonyl (C=O) groups excluding carboxylic acids is 2. The Balaban J connectivity index is 1.73. The quantitative estimate of drug-likeness (QED) is 0.331. The average Bonchev–Trinajstić information content (AvgIpc) is 2.65. The van der Waals surface area contributed by atoms with Crippen molar-refractivity contribution >= 4 is 18.0 Å². The van der Waals surface area contributed by atoms with Crippen LogP contribution in [0, 0.1) is 0 Å². The van der Waals surface area contributed by atoms with Crippen molar-refractivity contribution in [3.63, 3.8) is 0 Å². The Labute approximate surface area is 154 Å². The highest BCUT2D eigenvalue weighted by atomic mass is 19.4. The molecule has 1 aromatic carbocycles.